The van der Waals surface area contributed by atoms with Crippen molar-refractivity contribution in [3.8, 4) is 0 Å². The summed E-state index contributed by atoms with van der Waals surface area (Å²) in [7, 11) is 0. The van der Waals surface area contributed by atoms with Gasteiger partial charge < -0.3 is 0 Å². The first kappa shape index (κ1) is 31.5. The van der Waals surface area contributed by atoms with Crippen molar-refractivity contribution in [1.82, 2.24) is 0 Å². The van der Waals surface area contributed by atoms with Crippen molar-refractivity contribution in [3.63, 3.8) is 0 Å². The van der Waals surface area contributed by atoms with Crippen LogP contribution in [0.2, 0.25) is 0 Å². The van der Waals surface area contributed by atoms with Crippen molar-refractivity contribution in [2.75, 3.05) is 0 Å². The van der Waals surface area contributed by atoms with Gasteiger partial charge in [-0.3, -0.25) is 0 Å². The van der Waals surface area contributed by atoms with Crippen molar-refractivity contribution in [2.45, 2.75) is 59.9 Å². The van der Waals surface area contributed by atoms with Crippen LogP contribution in [0.25, 0.3) is 0 Å². The second-order valence-corrected chi connectivity index (χ2v) is 5.78. The Bertz CT molecular complexity index is 709. The molecule has 0 amide bonds. The van der Waals surface area contributed by atoms with Gasteiger partial charge in [0.1, 0.15) is 0 Å². The third-order valence-corrected chi connectivity index (χ3v) is 3.38. The van der Waals surface area contributed by atoms with Crippen LogP contribution in [0.5, 0.6) is 0 Å². The minimum Gasteiger partial charge on any atom is -0.245 e. The Labute approximate surface area is 165 Å². The SMILES string of the molecule is [CH2]C(F)(F)C(F)(F)OC(F)(F)C(F)(F)C(F)(F)C(F)(F)C(F)(F)C(F)(F)C(F)(F)C(F)(F)F. The second kappa shape index (κ2) is 7.49. The zero-order chi connectivity index (χ0) is 27.7. The summed E-state index contributed by atoms with van der Waals surface area (Å²) in [6.07, 6.45) is -23.2. The Hall–Kier alpha value is -1.51. The summed E-state index contributed by atoms with van der Waals surface area (Å²) in [5.74, 6) is -59.2. The molecule has 0 N–H and O–H groups in total. The average Bonchev–Trinajstić information content (AvgIpc) is 2.50. The van der Waals surface area contributed by atoms with Gasteiger partial charge in [0.2, 0.25) is 0 Å². The Balaban J connectivity index is 6.77. The fourth-order valence-electron chi connectivity index (χ4n) is 1.45. The van der Waals surface area contributed by atoms with Crippen LogP contribution in [0.3, 0.4) is 0 Å². The Morgan fingerprint density at radius 1 is 0.333 bits per heavy atom. The Morgan fingerprint density at radius 2 is 0.576 bits per heavy atom. The molecular formula is C11H2F21O. The number of hydrogen-bond donors (Lipinski definition) is 0. The lowest BCUT2D eigenvalue weighted by molar-refractivity contribution is -0.508. The number of ether oxygens (including phenoxy) is 1. The summed E-state index contributed by atoms with van der Waals surface area (Å²) in [6, 6.07) is 0. The smallest absolute Gasteiger partial charge is 0.245 e. The van der Waals surface area contributed by atoms with Crippen LogP contribution in [0.1, 0.15) is 0 Å². The van der Waals surface area contributed by atoms with Gasteiger partial charge in [-0.1, -0.05) is 0 Å². The molecule has 0 heterocycles. The molecule has 0 aliphatic heterocycles. The highest BCUT2D eigenvalue weighted by atomic mass is 19.4. The highest BCUT2D eigenvalue weighted by Gasteiger charge is 2.96. The number of rotatable bonds is 9. The number of alkyl halides is 21. The topological polar surface area (TPSA) is 9.23 Å². The molecular weight excluding hydrogens is 547 g/mol. The van der Waals surface area contributed by atoms with Crippen molar-refractivity contribution < 1.29 is 96.9 Å². The summed E-state index contributed by atoms with van der Waals surface area (Å²) in [4.78, 5) is 0. The van der Waals surface area contributed by atoms with Gasteiger partial charge >= 0.3 is 59.9 Å². The largest absolute Gasteiger partial charge is 0.460 e. The van der Waals surface area contributed by atoms with E-state index in [1.807, 2.05) is 0 Å². The summed E-state index contributed by atoms with van der Waals surface area (Å²) in [5.41, 5.74) is 0. The van der Waals surface area contributed by atoms with Gasteiger partial charge in [-0.25, -0.2) is 4.74 Å². The zero-order valence-electron chi connectivity index (χ0n) is 14.1. The summed E-state index contributed by atoms with van der Waals surface area (Å²) in [6.45, 7) is 1.01. The van der Waals surface area contributed by atoms with E-state index < -0.39 is 59.9 Å². The van der Waals surface area contributed by atoms with Gasteiger partial charge in [-0.2, -0.15) is 92.2 Å². The summed E-state index contributed by atoms with van der Waals surface area (Å²) in [5, 5.41) is 0. The van der Waals surface area contributed by atoms with Gasteiger partial charge in [-0.05, 0) is 0 Å². The van der Waals surface area contributed by atoms with E-state index in [0.717, 1.165) is 6.92 Å². The average molecular weight is 549 g/mol. The third kappa shape index (κ3) is 4.23. The third-order valence-electron chi connectivity index (χ3n) is 3.38. The molecule has 0 unspecified atom stereocenters. The van der Waals surface area contributed by atoms with E-state index in [4.69, 9.17) is 0 Å². The molecule has 1 nitrogen and oxygen atoms in total. The lowest BCUT2D eigenvalue weighted by Gasteiger charge is -2.42. The van der Waals surface area contributed by atoms with Crippen LogP contribution < -0.4 is 0 Å². The number of hydrogen-bond acceptors (Lipinski definition) is 1. The highest BCUT2D eigenvalue weighted by Crippen LogP contribution is 2.64. The van der Waals surface area contributed by atoms with Crippen LogP contribution in [0.15, 0.2) is 0 Å². The standard InChI is InChI=1S/C11H2F21O/c1-2(12,13)10(29,30)33-11(31,32)8(24,25)6(20,21)4(16,17)3(14,15)5(18,19)7(22,23)9(26,27)28/h1H2. The quantitative estimate of drug-likeness (QED) is 0.281. The van der Waals surface area contributed by atoms with Gasteiger partial charge in [0.05, 0.1) is 0 Å². The summed E-state index contributed by atoms with van der Waals surface area (Å²) < 4.78 is 268. The van der Waals surface area contributed by atoms with Crippen LogP contribution in [0, 0.1) is 6.92 Å². The van der Waals surface area contributed by atoms with Crippen molar-refractivity contribution in [2.24, 2.45) is 0 Å². The first-order valence-corrected chi connectivity index (χ1v) is 6.73. The zero-order valence-corrected chi connectivity index (χ0v) is 14.1. The van der Waals surface area contributed by atoms with Crippen LogP contribution >= 0.6 is 0 Å². The van der Waals surface area contributed by atoms with E-state index >= 15 is 0 Å². The molecule has 199 valence electrons. The minimum atomic E-state index is -9.06. The molecule has 0 fully saturated rings. The van der Waals surface area contributed by atoms with Gasteiger partial charge in [0, 0.05) is 6.92 Å². The molecule has 0 saturated heterocycles. The van der Waals surface area contributed by atoms with Crippen molar-refractivity contribution in [3.05, 3.63) is 6.92 Å². The fraction of sp³-hybridized carbons (Fsp3) is 0.909. The maximum atomic E-state index is 13.2. The number of halogens is 21. The van der Waals surface area contributed by atoms with Crippen molar-refractivity contribution >= 4 is 0 Å². The molecule has 0 aromatic rings. The lowest BCUT2D eigenvalue weighted by Crippen LogP contribution is -2.75. The first-order valence-electron chi connectivity index (χ1n) is 6.73. The van der Waals surface area contributed by atoms with E-state index in [-0.39, 0.29) is 0 Å². The monoisotopic (exact) mass is 549 g/mol. The van der Waals surface area contributed by atoms with Crippen LogP contribution in [-0.4, -0.2) is 59.9 Å². The van der Waals surface area contributed by atoms with E-state index in [0.29, 0.717) is 0 Å². The normalized spacial score (nSPS) is 16.9. The molecule has 0 spiro atoms. The minimum absolute atomic E-state index is 1.01. The molecule has 33 heavy (non-hydrogen) atoms. The Kier molecular flexibility index (Phi) is 7.15. The van der Waals surface area contributed by atoms with Crippen LogP contribution in [0.4, 0.5) is 92.2 Å². The summed E-state index contributed by atoms with van der Waals surface area (Å²) >= 11 is 0. The second-order valence-electron chi connectivity index (χ2n) is 5.78. The van der Waals surface area contributed by atoms with Gasteiger partial charge in [0.25, 0.3) is 0 Å². The van der Waals surface area contributed by atoms with Crippen LogP contribution in [-0.2, 0) is 4.74 Å². The molecule has 0 aliphatic rings. The molecule has 0 atom stereocenters. The van der Waals surface area contributed by atoms with E-state index in [1.165, 1.54) is 4.74 Å². The molecule has 0 aromatic carbocycles. The van der Waals surface area contributed by atoms with E-state index in [2.05, 4.69) is 0 Å². The van der Waals surface area contributed by atoms with Gasteiger partial charge in [0.15, 0.2) is 0 Å². The van der Waals surface area contributed by atoms with E-state index in [9.17, 15) is 92.2 Å². The lowest BCUT2D eigenvalue weighted by atomic mass is 9.90. The molecule has 22 heteroatoms. The van der Waals surface area contributed by atoms with Crippen molar-refractivity contribution in [1.29, 1.82) is 0 Å². The molecule has 0 bridgehead atoms. The fourth-order valence-corrected chi connectivity index (χ4v) is 1.45. The molecule has 0 saturated carbocycles. The molecule has 0 aromatic heterocycles. The maximum absolute atomic E-state index is 13.2. The molecule has 0 aliphatic carbocycles. The molecule has 1 radical (unpaired) electrons. The first-order chi connectivity index (χ1) is 13.7. The maximum Gasteiger partial charge on any atom is 0.460 e. The Morgan fingerprint density at radius 3 is 0.818 bits per heavy atom. The predicted molar refractivity (Wildman–Crippen MR) is 57.0 cm³/mol. The predicted octanol–water partition coefficient (Wildman–Crippen LogP) is 7.03. The van der Waals surface area contributed by atoms with Gasteiger partial charge in [-0.15, -0.1) is 0 Å². The molecule has 0 rings (SSSR count). The highest BCUT2D eigenvalue weighted by molar-refractivity contribution is 5.14. The van der Waals surface area contributed by atoms with E-state index in [1.54, 1.807) is 0 Å².